The SMILES string of the molecule is COC(=O)NOc1cc(/C(C)=N/OCc2cccc(C)n2)ccc1Cl. The molecule has 0 saturated heterocycles. The summed E-state index contributed by atoms with van der Waals surface area (Å²) in [5, 5.41) is 4.40. The molecule has 0 atom stereocenters. The summed E-state index contributed by atoms with van der Waals surface area (Å²) in [7, 11) is 1.23. The van der Waals surface area contributed by atoms with Crippen molar-refractivity contribution in [3.8, 4) is 5.75 Å². The number of oxime groups is 1. The van der Waals surface area contributed by atoms with Crippen LogP contribution < -0.4 is 10.3 Å². The fraction of sp³-hybridized carbons (Fsp3) is 0.235. The van der Waals surface area contributed by atoms with Crippen LogP contribution in [0.25, 0.3) is 0 Å². The Morgan fingerprint density at radius 3 is 2.84 bits per heavy atom. The summed E-state index contributed by atoms with van der Waals surface area (Å²) in [6, 6.07) is 10.7. The van der Waals surface area contributed by atoms with Crippen molar-refractivity contribution in [2.75, 3.05) is 7.11 Å². The molecule has 0 aliphatic rings. The molecule has 0 bridgehead atoms. The lowest BCUT2D eigenvalue weighted by molar-refractivity contribution is 0.118. The third-order valence-electron chi connectivity index (χ3n) is 3.14. The maximum atomic E-state index is 11.1. The van der Waals surface area contributed by atoms with Crippen LogP contribution in [-0.4, -0.2) is 23.9 Å². The zero-order valence-electron chi connectivity index (χ0n) is 14.1. The topological polar surface area (TPSA) is 82.0 Å². The number of methoxy groups -OCH3 is 1. The molecule has 0 saturated carbocycles. The zero-order chi connectivity index (χ0) is 18.2. The molecule has 0 radical (unpaired) electrons. The minimum Gasteiger partial charge on any atom is -0.451 e. The Morgan fingerprint density at radius 2 is 2.12 bits per heavy atom. The number of halogens is 1. The summed E-state index contributed by atoms with van der Waals surface area (Å²) in [5.74, 6) is 0.263. The first-order chi connectivity index (χ1) is 12.0. The Kier molecular flexibility index (Phi) is 6.59. The highest BCUT2D eigenvalue weighted by molar-refractivity contribution is 6.32. The standard InChI is InChI=1S/C17H18ClN3O4/c1-11-5-4-6-14(19-11)10-24-20-12(2)13-7-8-15(18)16(9-13)25-21-17(22)23-3/h4-9H,10H2,1-3H3,(H,21,22)/b20-12+. The van der Waals surface area contributed by atoms with E-state index in [1.165, 1.54) is 7.11 Å². The van der Waals surface area contributed by atoms with Crippen LogP contribution in [0.5, 0.6) is 5.75 Å². The fourth-order valence-corrected chi connectivity index (χ4v) is 2.03. The molecule has 1 aromatic carbocycles. The van der Waals surface area contributed by atoms with Crippen molar-refractivity contribution in [1.29, 1.82) is 0 Å². The Morgan fingerprint density at radius 1 is 1.32 bits per heavy atom. The third kappa shape index (κ3) is 5.65. The van der Waals surface area contributed by atoms with Gasteiger partial charge in [-0.1, -0.05) is 28.9 Å². The molecule has 1 heterocycles. The molecule has 0 aliphatic carbocycles. The number of carbonyl (C=O) groups is 1. The number of nitrogens with one attached hydrogen (secondary N) is 1. The molecular formula is C17H18ClN3O4. The number of hydrogen-bond donors (Lipinski definition) is 1. The van der Waals surface area contributed by atoms with Crippen LogP contribution in [0.3, 0.4) is 0 Å². The fourth-order valence-electron chi connectivity index (χ4n) is 1.87. The molecule has 0 spiro atoms. The number of amides is 1. The molecule has 8 heteroatoms. The van der Waals surface area contributed by atoms with Gasteiger partial charge in [-0.3, -0.25) is 4.98 Å². The van der Waals surface area contributed by atoms with Gasteiger partial charge in [0.2, 0.25) is 0 Å². The summed E-state index contributed by atoms with van der Waals surface area (Å²) >= 11 is 6.03. The minimum absolute atomic E-state index is 0.263. The first-order valence-corrected chi connectivity index (χ1v) is 7.77. The van der Waals surface area contributed by atoms with Crippen molar-refractivity contribution >= 4 is 23.4 Å². The molecule has 1 N–H and O–H groups in total. The highest BCUT2D eigenvalue weighted by Crippen LogP contribution is 2.25. The Balaban J connectivity index is 2.02. The van der Waals surface area contributed by atoms with Gasteiger partial charge in [0.15, 0.2) is 12.4 Å². The molecule has 1 aromatic heterocycles. The number of aryl methyl sites for hydroxylation is 1. The third-order valence-corrected chi connectivity index (χ3v) is 3.45. The van der Waals surface area contributed by atoms with Crippen molar-refractivity contribution in [1.82, 2.24) is 10.5 Å². The van der Waals surface area contributed by atoms with Crippen LogP contribution in [0.2, 0.25) is 5.02 Å². The van der Waals surface area contributed by atoms with Gasteiger partial charge in [-0.15, -0.1) is 0 Å². The second-order valence-electron chi connectivity index (χ2n) is 5.06. The lowest BCUT2D eigenvalue weighted by atomic mass is 10.1. The van der Waals surface area contributed by atoms with Gasteiger partial charge in [-0.05, 0) is 38.1 Å². The van der Waals surface area contributed by atoms with E-state index in [0.29, 0.717) is 10.7 Å². The van der Waals surface area contributed by atoms with Gasteiger partial charge >= 0.3 is 6.09 Å². The molecule has 1 amide bonds. The van der Waals surface area contributed by atoms with Crippen molar-refractivity contribution in [3.63, 3.8) is 0 Å². The predicted octanol–water partition coefficient (Wildman–Crippen LogP) is 3.63. The van der Waals surface area contributed by atoms with Gasteiger partial charge in [0.05, 0.1) is 23.5 Å². The molecular weight excluding hydrogens is 346 g/mol. The lowest BCUT2D eigenvalue weighted by Crippen LogP contribution is -2.26. The number of ether oxygens (including phenoxy) is 1. The van der Waals surface area contributed by atoms with Crippen LogP contribution in [-0.2, 0) is 16.2 Å². The average Bonchev–Trinajstić information content (AvgIpc) is 2.60. The van der Waals surface area contributed by atoms with E-state index < -0.39 is 6.09 Å². The van der Waals surface area contributed by atoms with Crippen LogP contribution in [0.4, 0.5) is 4.79 Å². The summed E-state index contributed by atoms with van der Waals surface area (Å²) in [5.41, 5.74) is 5.15. The summed E-state index contributed by atoms with van der Waals surface area (Å²) in [6.45, 7) is 3.96. The van der Waals surface area contributed by atoms with Gasteiger partial charge in [-0.2, -0.15) is 5.48 Å². The number of hydrogen-bond acceptors (Lipinski definition) is 6. The maximum Gasteiger partial charge on any atom is 0.440 e. The first-order valence-electron chi connectivity index (χ1n) is 7.39. The van der Waals surface area contributed by atoms with Crippen LogP contribution >= 0.6 is 11.6 Å². The second kappa shape index (κ2) is 8.89. The first kappa shape index (κ1) is 18.5. The average molecular weight is 364 g/mol. The van der Waals surface area contributed by atoms with E-state index in [4.69, 9.17) is 21.3 Å². The molecule has 0 fully saturated rings. The van der Waals surface area contributed by atoms with E-state index in [0.717, 1.165) is 17.0 Å². The Bertz CT molecular complexity index is 780. The van der Waals surface area contributed by atoms with Crippen LogP contribution in [0.1, 0.15) is 23.9 Å². The number of rotatable bonds is 6. The van der Waals surface area contributed by atoms with Crippen molar-refractivity contribution in [2.45, 2.75) is 20.5 Å². The molecule has 2 rings (SSSR count). The molecule has 25 heavy (non-hydrogen) atoms. The van der Waals surface area contributed by atoms with E-state index in [9.17, 15) is 4.79 Å². The van der Waals surface area contributed by atoms with Gasteiger partial charge in [-0.25, -0.2) is 4.79 Å². The van der Waals surface area contributed by atoms with E-state index in [2.05, 4.69) is 20.4 Å². The van der Waals surface area contributed by atoms with Gasteiger partial charge < -0.3 is 14.4 Å². The zero-order valence-corrected chi connectivity index (χ0v) is 14.8. The van der Waals surface area contributed by atoms with Crippen LogP contribution in [0.15, 0.2) is 41.6 Å². The summed E-state index contributed by atoms with van der Waals surface area (Å²) in [6.07, 6.45) is -0.735. The van der Waals surface area contributed by atoms with E-state index >= 15 is 0 Å². The number of nitrogens with zero attached hydrogens (tertiary/aromatic N) is 2. The van der Waals surface area contributed by atoms with Crippen LogP contribution in [0, 0.1) is 6.92 Å². The van der Waals surface area contributed by atoms with Crippen molar-refractivity contribution in [3.05, 3.63) is 58.4 Å². The summed E-state index contributed by atoms with van der Waals surface area (Å²) < 4.78 is 4.43. The molecule has 0 unspecified atom stereocenters. The highest BCUT2D eigenvalue weighted by atomic mass is 35.5. The van der Waals surface area contributed by atoms with E-state index in [-0.39, 0.29) is 12.4 Å². The lowest BCUT2D eigenvalue weighted by Gasteiger charge is -2.09. The number of benzene rings is 1. The molecule has 2 aromatic rings. The largest absolute Gasteiger partial charge is 0.451 e. The Hall–Kier alpha value is -2.80. The number of aromatic nitrogens is 1. The molecule has 7 nitrogen and oxygen atoms in total. The monoisotopic (exact) mass is 363 g/mol. The highest BCUT2D eigenvalue weighted by Gasteiger charge is 2.08. The predicted molar refractivity (Wildman–Crippen MR) is 93.6 cm³/mol. The number of pyridine rings is 1. The van der Waals surface area contributed by atoms with E-state index in [1.807, 2.05) is 25.1 Å². The maximum absolute atomic E-state index is 11.1. The van der Waals surface area contributed by atoms with Crippen molar-refractivity contribution in [2.24, 2.45) is 5.16 Å². The normalized spacial score (nSPS) is 11.0. The number of hydroxylamine groups is 1. The van der Waals surface area contributed by atoms with Crippen molar-refractivity contribution < 1.29 is 19.2 Å². The quantitative estimate of drug-likeness (QED) is 0.626. The van der Waals surface area contributed by atoms with Gasteiger partial charge in [0.25, 0.3) is 0 Å². The van der Waals surface area contributed by atoms with Gasteiger partial charge in [0, 0.05) is 11.3 Å². The summed E-state index contributed by atoms with van der Waals surface area (Å²) in [4.78, 5) is 25.8. The molecule has 0 aliphatic heterocycles. The minimum atomic E-state index is -0.735. The second-order valence-corrected chi connectivity index (χ2v) is 5.47. The van der Waals surface area contributed by atoms with E-state index in [1.54, 1.807) is 25.1 Å². The molecule has 132 valence electrons. The Labute approximate surface area is 150 Å². The van der Waals surface area contributed by atoms with Gasteiger partial charge in [0.1, 0.15) is 0 Å². The number of carbonyl (C=O) groups excluding carboxylic acids is 1. The smallest absolute Gasteiger partial charge is 0.440 e.